The molecule has 0 bridgehead atoms. The molecule has 0 saturated heterocycles. The zero-order valence-corrected chi connectivity index (χ0v) is 19.1. The van der Waals surface area contributed by atoms with Crippen molar-refractivity contribution >= 4 is 29.3 Å². The number of rotatable bonds is 8. The molecule has 1 unspecified atom stereocenters. The fourth-order valence-electron chi connectivity index (χ4n) is 3.79. The Bertz CT molecular complexity index is 758. The summed E-state index contributed by atoms with van der Waals surface area (Å²) in [4.78, 5) is 36.9. The molecule has 30 heavy (non-hydrogen) atoms. The van der Waals surface area contributed by atoms with E-state index < -0.39 is 6.04 Å². The molecule has 0 aromatic heterocycles. The molecule has 1 aromatic rings. The lowest BCUT2D eigenvalue weighted by atomic mass is 9.85. The molecule has 2 rings (SSSR count). The highest BCUT2D eigenvalue weighted by Crippen LogP contribution is 2.25. The van der Waals surface area contributed by atoms with E-state index in [2.05, 4.69) is 16.0 Å². The van der Waals surface area contributed by atoms with Crippen molar-refractivity contribution in [2.45, 2.75) is 78.4 Å². The van der Waals surface area contributed by atoms with Crippen molar-refractivity contribution in [2.75, 3.05) is 0 Å². The predicted molar refractivity (Wildman–Crippen MR) is 119 cm³/mol. The molecule has 3 amide bonds. The van der Waals surface area contributed by atoms with Crippen LogP contribution in [0.15, 0.2) is 18.2 Å². The Morgan fingerprint density at radius 3 is 2.37 bits per heavy atom. The summed E-state index contributed by atoms with van der Waals surface area (Å²) in [5.74, 6) is -0.229. The number of carbonyl (C=O) groups excluding carboxylic acids is 3. The minimum Gasteiger partial charge on any atom is -0.352 e. The van der Waals surface area contributed by atoms with E-state index in [4.69, 9.17) is 11.6 Å². The molecule has 166 valence electrons. The van der Waals surface area contributed by atoms with E-state index in [0.29, 0.717) is 18.0 Å². The van der Waals surface area contributed by atoms with Crippen molar-refractivity contribution in [1.82, 2.24) is 16.0 Å². The lowest BCUT2D eigenvalue weighted by Gasteiger charge is -2.30. The van der Waals surface area contributed by atoms with Gasteiger partial charge in [0.15, 0.2) is 0 Å². The first-order chi connectivity index (χ1) is 14.2. The van der Waals surface area contributed by atoms with E-state index in [1.54, 1.807) is 6.92 Å². The highest BCUT2D eigenvalue weighted by atomic mass is 35.5. The summed E-state index contributed by atoms with van der Waals surface area (Å²) in [6, 6.07) is 5.18. The lowest BCUT2D eigenvalue weighted by Crippen LogP contribution is -2.52. The molecular weight excluding hydrogens is 402 g/mol. The minimum absolute atomic E-state index is 0.0129. The second-order valence-corrected chi connectivity index (χ2v) is 8.92. The summed E-state index contributed by atoms with van der Waals surface area (Å²) < 4.78 is 0. The van der Waals surface area contributed by atoms with Gasteiger partial charge in [-0.25, -0.2) is 0 Å². The number of hydrogen-bond donors (Lipinski definition) is 3. The maximum atomic E-state index is 12.6. The average Bonchev–Trinajstić information content (AvgIpc) is 2.71. The molecule has 6 nitrogen and oxygen atoms in total. The van der Waals surface area contributed by atoms with Gasteiger partial charge in [-0.1, -0.05) is 38.4 Å². The van der Waals surface area contributed by atoms with Crippen LogP contribution in [0.25, 0.3) is 0 Å². The van der Waals surface area contributed by atoms with Gasteiger partial charge >= 0.3 is 0 Å². The van der Waals surface area contributed by atoms with Crippen LogP contribution < -0.4 is 16.0 Å². The SMILES string of the molecule is CCC(=O)NC(C(=O)NC1CCC(C(=O)NCc2ccc(Cl)cc2C)CC1)C(C)C. The van der Waals surface area contributed by atoms with Gasteiger partial charge in [0.2, 0.25) is 17.7 Å². The van der Waals surface area contributed by atoms with Gasteiger partial charge in [-0.15, -0.1) is 0 Å². The lowest BCUT2D eigenvalue weighted by molar-refractivity contribution is -0.130. The van der Waals surface area contributed by atoms with Crippen LogP contribution in [0.2, 0.25) is 5.02 Å². The first-order valence-electron chi connectivity index (χ1n) is 10.8. The number of aryl methyl sites for hydroxylation is 1. The highest BCUT2D eigenvalue weighted by Gasteiger charge is 2.30. The number of benzene rings is 1. The quantitative estimate of drug-likeness (QED) is 0.584. The summed E-state index contributed by atoms with van der Waals surface area (Å²) in [5, 5.41) is 9.58. The Kier molecular flexibility index (Phi) is 9.15. The molecule has 1 atom stereocenters. The molecular formula is C23H34ClN3O3. The topological polar surface area (TPSA) is 87.3 Å². The summed E-state index contributed by atoms with van der Waals surface area (Å²) >= 11 is 5.98. The summed E-state index contributed by atoms with van der Waals surface area (Å²) in [7, 11) is 0. The molecule has 1 aliphatic carbocycles. The van der Waals surface area contributed by atoms with Gasteiger partial charge in [0, 0.05) is 29.9 Å². The summed E-state index contributed by atoms with van der Waals surface area (Å²) in [5.41, 5.74) is 2.12. The molecule has 1 aromatic carbocycles. The summed E-state index contributed by atoms with van der Waals surface area (Å²) in [6.45, 7) is 8.08. The van der Waals surface area contributed by atoms with Gasteiger partial charge in [-0.2, -0.15) is 0 Å². The third-order valence-electron chi connectivity index (χ3n) is 5.79. The number of nitrogens with one attached hydrogen (secondary N) is 3. The van der Waals surface area contributed by atoms with E-state index in [-0.39, 0.29) is 35.6 Å². The van der Waals surface area contributed by atoms with Crippen LogP contribution >= 0.6 is 11.6 Å². The zero-order chi connectivity index (χ0) is 22.3. The molecule has 0 radical (unpaired) electrons. The van der Waals surface area contributed by atoms with Crippen molar-refractivity contribution < 1.29 is 14.4 Å². The molecule has 1 aliphatic rings. The first-order valence-corrected chi connectivity index (χ1v) is 11.2. The Hall–Kier alpha value is -2.08. The second-order valence-electron chi connectivity index (χ2n) is 8.49. The monoisotopic (exact) mass is 435 g/mol. The predicted octanol–water partition coefficient (Wildman–Crippen LogP) is 3.49. The largest absolute Gasteiger partial charge is 0.352 e. The number of carbonyl (C=O) groups is 3. The minimum atomic E-state index is -0.527. The van der Waals surface area contributed by atoms with Gasteiger partial charge in [-0.3, -0.25) is 14.4 Å². The number of amides is 3. The molecule has 0 spiro atoms. The van der Waals surface area contributed by atoms with Crippen LogP contribution in [-0.2, 0) is 20.9 Å². The third kappa shape index (κ3) is 7.01. The van der Waals surface area contributed by atoms with E-state index in [9.17, 15) is 14.4 Å². The van der Waals surface area contributed by atoms with Gasteiger partial charge in [0.25, 0.3) is 0 Å². The molecule has 3 N–H and O–H groups in total. The molecule has 0 heterocycles. The normalized spacial score (nSPS) is 19.8. The Labute approximate surface area is 184 Å². The van der Waals surface area contributed by atoms with E-state index in [0.717, 1.165) is 36.8 Å². The Morgan fingerprint density at radius 1 is 1.13 bits per heavy atom. The molecule has 1 fully saturated rings. The van der Waals surface area contributed by atoms with Crippen LogP contribution in [0.1, 0.15) is 64.0 Å². The molecule has 0 aliphatic heterocycles. The van der Waals surface area contributed by atoms with Gasteiger partial charge in [0.05, 0.1) is 0 Å². The highest BCUT2D eigenvalue weighted by molar-refractivity contribution is 6.30. The number of hydrogen-bond acceptors (Lipinski definition) is 3. The fourth-order valence-corrected chi connectivity index (χ4v) is 4.01. The van der Waals surface area contributed by atoms with Crippen LogP contribution in [0.4, 0.5) is 0 Å². The Balaban J connectivity index is 1.80. The standard InChI is InChI=1S/C23H34ClN3O3/c1-5-20(28)27-21(14(2)3)23(30)26-19-10-7-16(8-11-19)22(29)25-13-17-6-9-18(24)12-15(17)4/h6,9,12,14,16,19,21H,5,7-8,10-11,13H2,1-4H3,(H,25,29)(H,26,30)(H,27,28). The van der Waals surface area contributed by atoms with Crippen molar-refractivity contribution in [1.29, 1.82) is 0 Å². The van der Waals surface area contributed by atoms with E-state index in [1.165, 1.54) is 0 Å². The number of halogens is 1. The average molecular weight is 436 g/mol. The van der Waals surface area contributed by atoms with Crippen molar-refractivity contribution in [2.24, 2.45) is 11.8 Å². The van der Waals surface area contributed by atoms with Crippen molar-refractivity contribution in [3.63, 3.8) is 0 Å². The van der Waals surface area contributed by atoms with Crippen LogP contribution in [0, 0.1) is 18.8 Å². The first kappa shape index (κ1) is 24.2. The van der Waals surface area contributed by atoms with Crippen LogP contribution in [-0.4, -0.2) is 29.8 Å². The summed E-state index contributed by atoms with van der Waals surface area (Å²) in [6.07, 6.45) is 3.35. The molecule has 7 heteroatoms. The smallest absolute Gasteiger partial charge is 0.243 e. The van der Waals surface area contributed by atoms with E-state index in [1.807, 2.05) is 39.0 Å². The zero-order valence-electron chi connectivity index (χ0n) is 18.4. The van der Waals surface area contributed by atoms with E-state index >= 15 is 0 Å². The molecule has 1 saturated carbocycles. The van der Waals surface area contributed by atoms with Crippen molar-refractivity contribution in [3.05, 3.63) is 34.3 Å². The van der Waals surface area contributed by atoms with Crippen LogP contribution in [0.3, 0.4) is 0 Å². The third-order valence-corrected chi connectivity index (χ3v) is 6.02. The van der Waals surface area contributed by atoms with Gasteiger partial charge < -0.3 is 16.0 Å². The van der Waals surface area contributed by atoms with Crippen LogP contribution in [0.5, 0.6) is 0 Å². The van der Waals surface area contributed by atoms with Gasteiger partial charge in [0.1, 0.15) is 6.04 Å². The maximum Gasteiger partial charge on any atom is 0.243 e. The fraction of sp³-hybridized carbons (Fsp3) is 0.609. The Morgan fingerprint density at radius 2 is 1.80 bits per heavy atom. The van der Waals surface area contributed by atoms with Gasteiger partial charge in [-0.05, 0) is 61.8 Å². The van der Waals surface area contributed by atoms with Crippen molar-refractivity contribution in [3.8, 4) is 0 Å². The maximum absolute atomic E-state index is 12.6. The second kappa shape index (κ2) is 11.3.